The summed E-state index contributed by atoms with van der Waals surface area (Å²) in [6.07, 6.45) is 1.74. The number of H-pyrrole nitrogens is 1. The quantitative estimate of drug-likeness (QED) is 0.352. The second-order valence-corrected chi connectivity index (χ2v) is 7.60. The summed E-state index contributed by atoms with van der Waals surface area (Å²) in [5.41, 5.74) is 2.24. The van der Waals surface area contributed by atoms with Crippen molar-refractivity contribution in [2.75, 3.05) is 14.2 Å². The molecule has 0 aliphatic rings. The third-order valence-corrected chi connectivity index (χ3v) is 5.48. The summed E-state index contributed by atoms with van der Waals surface area (Å²) in [7, 11) is 3.15. The molecule has 4 rings (SSSR count). The molecule has 0 saturated heterocycles. The van der Waals surface area contributed by atoms with E-state index >= 15 is 0 Å². The number of ether oxygens (including phenoxy) is 2. The standard InChI is InChI=1S/C21H19N3O4S/c1-12(19(25)16-11-22-17-7-5-4-6-14(16)17)29-21-24-23-20(28-21)15-9-8-13(26-2)10-18(15)27-3/h4-12,22H,1-3H3. The Labute approximate surface area is 171 Å². The Morgan fingerprint density at radius 3 is 2.76 bits per heavy atom. The SMILES string of the molecule is COc1ccc(-c2nnc(SC(C)C(=O)c3c[nH]c4ccccc34)o2)c(OC)c1. The Bertz CT molecular complexity index is 1170. The van der Waals surface area contributed by atoms with Crippen LogP contribution in [-0.2, 0) is 0 Å². The molecule has 0 radical (unpaired) electrons. The van der Waals surface area contributed by atoms with Gasteiger partial charge in [-0.1, -0.05) is 30.0 Å². The highest BCUT2D eigenvalue weighted by atomic mass is 32.2. The maximum atomic E-state index is 12.9. The van der Waals surface area contributed by atoms with Crippen molar-refractivity contribution in [3.05, 3.63) is 54.2 Å². The van der Waals surface area contributed by atoms with Crippen LogP contribution in [0.3, 0.4) is 0 Å². The van der Waals surface area contributed by atoms with Crippen LogP contribution in [0.2, 0.25) is 0 Å². The van der Waals surface area contributed by atoms with Crippen molar-refractivity contribution in [1.82, 2.24) is 15.2 Å². The summed E-state index contributed by atoms with van der Waals surface area (Å²) in [4.78, 5) is 16.0. The number of benzene rings is 2. The number of methoxy groups -OCH3 is 2. The summed E-state index contributed by atoms with van der Waals surface area (Å²) in [5, 5.41) is 9.01. The Kier molecular flexibility index (Phi) is 5.26. The molecular formula is C21H19N3O4S. The van der Waals surface area contributed by atoms with E-state index < -0.39 is 0 Å². The second-order valence-electron chi connectivity index (χ2n) is 6.31. The average Bonchev–Trinajstić information content (AvgIpc) is 3.39. The number of rotatable bonds is 7. The molecule has 0 amide bonds. The number of fused-ring (bicyclic) bond motifs is 1. The smallest absolute Gasteiger partial charge is 0.277 e. The monoisotopic (exact) mass is 409 g/mol. The number of nitrogens with one attached hydrogen (secondary N) is 1. The first-order chi connectivity index (χ1) is 14.1. The van der Waals surface area contributed by atoms with Crippen LogP contribution in [0.5, 0.6) is 11.5 Å². The molecule has 0 aliphatic carbocycles. The molecule has 148 valence electrons. The highest BCUT2D eigenvalue weighted by Crippen LogP contribution is 2.35. The van der Waals surface area contributed by atoms with E-state index in [0.717, 1.165) is 10.9 Å². The van der Waals surface area contributed by atoms with Gasteiger partial charge in [-0.3, -0.25) is 4.79 Å². The van der Waals surface area contributed by atoms with Crippen molar-refractivity contribution in [3.8, 4) is 23.0 Å². The Hall–Kier alpha value is -3.26. The second kappa shape index (κ2) is 8.00. The van der Waals surface area contributed by atoms with Gasteiger partial charge in [-0.25, -0.2) is 0 Å². The Morgan fingerprint density at radius 2 is 1.97 bits per heavy atom. The van der Waals surface area contributed by atoms with Gasteiger partial charge in [0.15, 0.2) is 5.78 Å². The van der Waals surface area contributed by atoms with Crippen LogP contribution in [0.25, 0.3) is 22.4 Å². The first-order valence-electron chi connectivity index (χ1n) is 8.93. The number of carbonyl (C=O) groups is 1. The topological polar surface area (TPSA) is 90.2 Å². The van der Waals surface area contributed by atoms with E-state index in [1.165, 1.54) is 11.8 Å². The van der Waals surface area contributed by atoms with E-state index in [2.05, 4.69) is 15.2 Å². The van der Waals surface area contributed by atoms with Gasteiger partial charge in [0.05, 0.1) is 25.0 Å². The number of nitrogens with zero attached hydrogens (tertiary/aromatic N) is 2. The number of Topliss-reactive ketones (excluding diaryl/α,β-unsaturated/α-hetero) is 1. The van der Waals surface area contributed by atoms with Gasteiger partial charge in [0.2, 0.25) is 0 Å². The van der Waals surface area contributed by atoms with E-state index in [-0.39, 0.29) is 11.0 Å². The molecule has 0 spiro atoms. The molecule has 2 aromatic carbocycles. The first kappa shape index (κ1) is 19.1. The fraction of sp³-hybridized carbons (Fsp3) is 0.190. The van der Waals surface area contributed by atoms with E-state index in [9.17, 15) is 4.79 Å². The van der Waals surface area contributed by atoms with Crippen molar-refractivity contribution in [2.45, 2.75) is 17.4 Å². The largest absolute Gasteiger partial charge is 0.497 e. The number of carbonyl (C=O) groups excluding carboxylic acids is 1. The molecule has 7 nitrogen and oxygen atoms in total. The predicted octanol–water partition coefficient (Wildman–Crippen LogP) is 4.60. The Morgan fingerprint density at radius 1 is 1.14 bits per heavy atom. The van der Waals surface area contributed by atoms with Crippen molar-refractivity contribution < 1.29 is 18.7 Å². The molecule has 2 heterocycles. The summed E-state index contributed by atoms with van der Waals surface area (Å²) >= 11 is 1.23. The maximum absolute atomic E-state index is 12.9. The molecule has 1 N–H and O–H groups in total. The highest BCUT2D eigenvalue weighted by molar-refractivity contribution is 8.00. The van der Waals surface area contributed by atoms with Crippen LogP contribution in [0, 0.1) is 0 Å². The number of hydrogen-bond donors (Lipinski definition) is 1. The molecule has 4 aromatic rings. The van der Waals surface area contributed by atoms with Crippen molar-refractivity contribution >= 4 is 28.4 Å². The van der Waals surface area contributed by atoms with Crippen molar-refractivity contribution in [2.24, 2.45) is 0 Å². The van der Waals surface area contributed by atoms with Gasteiger partial charge in [0.1, 0.15) is 11.5 Å². The van der Waals surface area contributed by atoms with Crippen LogP contribution in [0.15, 0.2) is 58.3 Å². The molecule has 2 aromatic heterocycles. The fourth-order valence-electron chi connectivity index (χ4n) is 3.04. The normalized spacial score (nSPS) is 12.1. The van der Waals surface area contributed by atoms with Crippen molar-refractivity contribution in [3.63, 3.8) is 0 Å². The van der Waals surface area contributed by atoms with E-state index in [4.69, 9.17) is 13.9 Å². The first-order valence-corrected chi connectivity index (χ1v) is 9.81. The van der Waals surface area contributed by atoms with Gasteiger partial charge in [-0.05, 0) is 25.1 Å². The number of para-hydroxylation sites is 1. The lowest BCUT2D eigenvalue weighted by Gasteiger charge is -2.07. The van der Waals surface area contributed by atoms with Crippen LogP contribution in [-0.4, -0.2) is 40.4 Å². The summed E-state index contributed by atoms with van der Waals surface area (Å²) in [5.74, 6) is 1.54. The summed E-state index contributed by atoms with van der Waals surface area (Å²) in [6, 6.07) is 13.0. The van der Waals surface area contributed by atoms with E-state index in [1.807, 2.05) is 31.2 Å². The van der Waals surface area contributed by atoms with Gasteiger partial charge >= 0.3 is 0 Å². The zero-order valence-electron chi connectivity index (χ0n) is 16.1. The Balaban J connectivity index is 1.54. The van der Waals surface area contributed by atoms with Gasteiger partial charge in [0.25, 0.3) is 11.1 Å². The highest BCUT2D eigenvalue weighted by Gasteiger charge is 2.23. The van der Waals surface area contributed by atoms with Crippen LogP contribution >= 0.6 is 11.8 Å². The third-order valence-electron chi connectivity index (χ3n) is 4.55. The summed E-state index contributed by atoms with van der Waals surface area (Å²) in [6.45, 7) is 1.83. The fourth-order valence-corrected chi connectivity index (χ4v) is 3.79. The molecule has 0 bridgehead atoms. The molecule has 0 fully saturated rings. The molecule has 29 heavy (non-hydrogen) atoms. The summed E-state index contributed by atoms with van der Waals surface area (Å²) < 4.78 is 16.4. The lowest BCUT2D eigenvalue weighted by molar-refractivity contribution is 0.0995. The number of aromatic amines is 1. The minimum atomic E-state index is -0.389. The predicted molar refractivity (Wildman–Crippen MR) is 111 cm³/mol. The zero-order chi connectivity index (χ0) is 20.4. The third kappa shape index (κ3) is 3.71. The molecular weight excluding hydrogens is 390 g/mol. The molecule has 8 heteroatoms. The molecule has 0 aliphatic heterocycles. The lowest BCUT2D eigenvalue weighted by atomic mass is 10.1. The van der Waals surface area contributed by atoms with Crippen molar-refractivity contribution in [1.29, 1.82) is 0 Å². The van der Waals surface area contributed by atoms with E-state index in [1.54, 1.807) is 38.6 Å². The number of ketones is 1. The molecule has 0 saturated carbocycles. The minimum Gasteiger partial charge on any atom is -0.497 e. The van der Waals surface area contributed by atoms with Gasteiger partial charge in [-0.15, -0.1) is 10.2 Å². The van der Waals surface area contributed by atoms with Crippen LogP contribution in [0.4, 0.5) is 0 Å². The number of aromatic nitrogens is 3. The maximum Gasteiger partial charge on any atom is 0.277 e. The van der Waals surface area contributed by atoms with Crippen LogP contribution < -0.4 is 9.47 Å². The molecule has 1 unspecified atom stereocenters. The number of hydrogen-bond acceptors (Lipinski definition) is 7. The minimum absolute atomic E-state index is 0.00534. The zero-order valence-corrected chi connectivity index (χ0v) is 16.9. The van der Waals surface area contributed by atoms with E-state index in [0.29, 0.717) is 33.7 Å². The van der Waals surface area contributed by atoms with Gasteiger partial charge in [-0.2, -0.15) is 0 Å². The molecule has 1 atom stereocenters. The van der Waals surface area contributed by atoms with Gasteiger partial charge < -0.3 is 18.9 Å². The average molecular weight is 409 g/mol. The number of thioether (sulfide) groups is 1. The van der Waals surface area contributed by atoms with Gasteiger partial charge in [0, 0.05) is 28.7 Å². The van der Waals surface area contributed by atoms with Crippen LogP contribution in [0.1, 0.15) is 17.3 Å². The lowest BCUT2D eigenvalue weighted by Crippen LogP contribution is -2.13.